The lowest BCUT2D eigenvalue weighted by Gasteiger charge is -2.30. The molecule has 1 N–H and O–H groups in total. The number of aliphatic hydroxyl groups is 1. The van der Waals surface area contributed by atoms with E-state index in [1.54, 1.807) is 31.2 Å². The quantitative estimate of drug-likeness (QED) is 0.160. The summed E-state index contributed by atoms with van der Waals surface area (Å²) >= 11 is 0. The van der Waals surface area contributed by atoms with Gasteiger partial charge in [-0.25, -0.2) is 4.79 Å². The van der Waals surface area contributed by atoms with E-state index in [2.05, 4.69) is 6.08 Å². The maximum Gasteiger partial charge on any atom is 0.336 e. The molecule has 1 unspecified atom stereocenters. The first-order valence-electron chi connectivity index (χ1n) is 10.7. The Hall–Kier alpha value is -3.28. The molecule has 0 spiro atoms. The molecule has 2 rings (SSSR count). The zero-order valence-electron chi connectivity index (χ0n) is 19.4. The highest BCUT2D eigenvalue weighted by molar-refractivity contribution is 5.77. The Morgan fingerprint density at radius 2 is 1.81 bits per heavy atom. The summed E-state index contributed by atoms with van der Waals surface area (Å²) in [5.74, 6) is -0.0347. The van der Waals surface area contributed by atoms with E-state index in [-0.39, 0.29) is 5.76 Å². The minimum atomic E-state index is -0.916. The second-order valence-electron chi connectivity index (χ2n) is 8.03. The molecular formula is C26H32O6. The van der Waals surface area contributed by atoms with Crippen LogP contribution in [0.1, 0.15) is 53.9 Å². The highest BCUT2D eigenvalue weighted by Gasteiger charge is 2.29. The third kappa shape index (κ3) is 7.15. The van der Waals surface area contributed by atoms with E-state index in [4.69, 9.17) is 13.9 Å². The fourth-order valence-electron chi connectivity index (χ4n) is 3.14. The van der Waals surface area contributed by atoms with Crippen molar-refractivity contribution in [2.24, 2.45) is 0 Å². The van der Waals surface area contributed by atoms with Gasteiger partial charge in [-0.3, -0.25) is 4.79 Å². The van der Waals surface area contributed by atoms with E-state index in [9.17, 15) is 14.7 Å². The molecule has 6 nitrogen and oxygen atoms in total. The van der Waals surface area contributed by atoms with E-state index in [0.29, 0.717) is 23.3 Å². The summed E-state index contributed by atoms with van der Waals surface area (Å²) in [7, 11) is 0. The van der Waals surface area contributed by atoms with Crippen LogP contribution in [0.4, 0.5) is 0 Å². The Morgan fingerprint density at radius 3 is 2.50 bits per heavy atom. The van der Waals surface area contributed by atoms with Crippen LogP contribution in [-0.4, -0.2) is 22.8 Å². The topological polar surface area (TPSA) is 86.0 Å². The van der Waals surface area contributed by atoms with Crippen molar-refractivity contribution in [3.05, 3.63) is 76.4 Å². The molecule has 0 saturated carbocycles. The summed E-state index contributed by atoms with van der Waals surface area (Å²) in [4.78, 5) is 23.1. The van der Waals surface area contributed by atoms with E-state index < -0.39 is 23.3 Å². The molecule has 1 heterocycles. The minimum absolute atomic E-state index is 0.0457. The van der Waals surface area contributed by atoms with Crippen LogP contribution >= 0.6 is 0 Å². The average Bonchev–Trinajstić information content (AvgIpc) is 2.73. The van der Waals surface area contributed by atoms with Gasteiger partial charge in [-0.15, -0.1) is 0 Å². The molecule has 0 saturated heterocycles. The number of benzene rings is 1. The van der Waals surface area contributed by atoms with E-state index >= 15 is 0 Å². The van der Waals surface area contributed by atoms with Crippen molar-refractivity contribution in [1.29, 1.82) is 0 Å². The predicted molar refractivity (Wildman–Crippen MR) is 126 cm³/mol. The molecule has 1 aromatic carbocycles. The number of rotatable bonds is 10. The molecule has 2 aromatic rings. The summed E-state index contributed by atoms with van der Waals surface area (Å²) in [6.45, 7) is 8.64. The van der Waals surface area contributed by atoms with Crippen molar-refractivity contribution in [3.63, 3.8) is 0 Å². The van der Waals surface area contributed by atoms with Crippen LogP contribution in [-0.2, 0) is 9.53 Å². The van der Waals surface area contributed by atoms with Gasteiger partial charge in [-0.2, -0.15) is 0 Å². The first-order chi connectivity index (χ1) is 15.1. The lowest BCUT2D eigenvalue weighted by Crippen LogP contribution is -2.33. The van der Waals surface area contributed by atoms with Crippen LogP contribution in [0.5, 0.6) is 5.75 Å². The number of unbranched alkanes of at least 4 members (excludes halogenated alkanes) is 1. The van der Waals surface area contributed by atoms with Gasteiger partial charge in [0, 0.05) is 36.4 Å². The maximum absolute atomic E-state index is 11.6. The Bertz CT molecular complexity index is 1070. The molecule has 32 heavy (non-hydrogen) atoms. The van der Waals surface area contributed by atoms with Crippen molar-refractivity contribution in [3.8, 4) is 5.75 Å². The molecule has 172 valence electrons. The van der Waals surface area contributed by atoms with E-state index in [1.165, 1.54) is 13.0 Å². The molecule has 0 fully saturated rings. The SMILES string of the molecule is C/C=C/CC/C=C\CC(OC(C)=O)/C(O)=C(\C)C(C)(C)Oc1ccc2ccc(=O)oc2c1. The molecule has 0 aliphatic carbocycles. The average molecular weight is 441 g/mol. The summed E-state index contributed by atoms with van der Waals surface area (Å²) < 4.78 is 16.7. The molecular weight excluding hydrogens is 408 g/mol. The number of aliphatic hydroxyl groups excluding tert-OH is 1. The Labute approximate surface area is 188 Å². The first kappa shape index (κ1) is 25.0. The number of allylic oxidation sites excluding steroid dienone is 3. The molecule has 0 aliphatic heterocycles. The monoisotopic (exact) mass is 440 g/mol. The maximum atomic E-state index is 11.6. The van der Waals surface area contributed by atoms with Crippen LogP contribution < -0.4 is 10.4 Å². The molecule has 1 atom stereocenters. The second-order valence-corrected chi connectivity index (χ2v) is 8.03. The fraction of sp³-hybridized carbons (Fsp3) is 0.385. The van der Waals surface area contributed by atoms with Gasteiger partial charge in [-0.1, -0.05) is 24.3 Å². The molecule has 0 radical (unpaired) electrons. The summed E-state index contributed by atoms with van der Waals surface area (Å²) in [6, 6.07) is 8.25. The predicted octanol–water partition coefficient (Wildman–Crippen LogP) is 6.02. The van der Waals surface area contributed by atoms with E-state index in [0.717, 1.165) is 18.2 Å². The molecule has 1 aromatic heterocycles. The first-order valence-corrected chi connectivity index (χ1v) is 10.7. The lowest BCUT2D eigenvalue weighted by atomic mass is 9.95. The number of fused-ring (bicyclic) bond motifs is 1. The lowest BCUT2D eigenvalue weighted by molar-refractivity contribution is -0.145. The van der Waals surface area contributed by atoms with Gasteiger partial charge < -0.3 is 19.0 Å². The Balaban J connectivity index is 2.22. The van der Waals surface area contributed by atoms with Crippen molar-refractivity contribution >= 4 is 16.9 Å². The third-order valence-electron chi connectivity index (χ3n) is 5.12. The van der Waals surface area contributed by atoms with Crippen molar-refractivity contribution < 1.29 is 23.8 Å². The van der Waals surface area contributed by atoms with Crippen LogP contribution in [0.25, 0.3) is 11.0 Å². The zero-order valence-corrected chi connectivity index (χ0v) is 19.4. The molecule has 0 aliphatic rings. The van der Waals surface area contributed by atoms with Gasteiger partial charge in [0.2, 0.25) is 0 Å². The smallest absolute Gasteiger partial charge is 0.336 e. The second kappa shape index (κ2) is 11.4. The summed E-state index contributed by atoms with van der Waals surface area (Å²) in [6.07, 6.45) is 9.33. The van der Waals surface area contributed by atoms with Crippen LogP contribution in [0.15, 0.2) is 75.2 Å². The molecule has 0 amide bonds. The minimum Gasteiger partial charge on any atom is -0.508 e. The fourth-order valence-corrected chi connectivity index (χ4v) is 3.14. The van der Waals surface area contributed by atoms with Crippen LogP contribution in [0.3, 0.4) is 0 Å². The van der Waals surface area contributed by atoms with Gasteiger partial charge in [-0.05, 0) is 58.7 Å². The summed E-state index contributed by atoms with van der Waals surface area (Å²) in [5, 5.41) is 11.7. The Kier molecular flexibility index (Phi) is 8.88. The zero-order chi connectivity index (χ0) is 23.7. The largest absolute Gasteiger partial charge is 0.508 e. The standard InChI is InChI=1S/C26H32O6/c1-6-7-8-9-10-11-12-22(30-19(3)27)25(29)18(2)26(4,5)32-21-15-13-20-14-16-24(28)31-23(20)17-21/h6-7,10-11,13-17,22,29H,8-9,12H2,1-5H3/b7-6+,11-10-,25-18-. The van der Waals surface area contributed by atoms with E-state index in [1.807, 2.05) is 39.0 Å². The highest BCUT2D eigenvalue weighted by Crippen LogP contribution is 2.30. The molecule has 6 heteroatoms. The number of carbonyl (C=O) groups is 1. The highest BCUT2D eigenvalue weighted by atomic mass is 16.6. The van der Waals surface area contributed by atoms with Gasteiger partial charge in [0.15, 0.2) is 6.10 Å². The number of hydrogen-bond acceptors (Lipinski definition) is 6. The van der Waals surface area contributed by atoms with Gasteiger partial charge in [0.25, 0.3) is 0 Å². The normalized spacial score (nSPS) is 14.0. The van der Waals surface area contributed by atoms with Crippen molar-refractivity contribution in [1.82, 2.24) is 0 Å². The van der Waals surface area contributed by atoms with Crippen LogP contribution in [0.2, 0.25) is 0 Å². The van der Waals surface area contributed by atoms with Crippen LogP contribution in [0, 0.1) is 0 Å². The van der Waals surface area contributed by atoms with Gasteiger partial charge >= 0.3 is 11.6 Å². The summed E-state index contributed by atoms with van der Waals surface area (Å²) in [5.41, 5.74) is -0.412. The van der Waals surface area contributed by atoms with Gasteiger partial charge in [0.05, 0.1) is 0 Å². The Morgan fingerprint density at radius 1 is 1.12 bits per heavy atom. The number of carbonyl (C=O) groups excluding carboxylic acids is 1. The van der Waals surface area contributed by atoms with Crippen molar-refractivity contribution in [2.45, 2.75) is 65.6 Å². The van der Waals surface area contributed by atoms with Gasteiger partial charge in [0.1, 0.15) is 22.7 Å². The number of esters is 1. The molecule has 0 bridgehead atoms. The number of ether oxygens (including phenoxy) is 2. The van der Waals surface area contributed by atoms with Crippen molar-refractivity contribution in [2.75, 3.05) is 0 Å². The third-order valence-corrected chi connectivity index (χ3v) is 5.12. The number of hydrogen-bond donors (Lipinski definition) is 1.